The van der Waals surface area contributed by atoms with Gasteiger partial charge in [-0.25, -0.2) is 0 Å². The Bertz CT molecular complexity index is 506. The molecule has 1 aromatic carbocycles. The van der Waals surface area contributed by atoms with E-state index in [1.165, 1.54) is 11.3 Å². The minimum atomic E-state index is -0.0635. The van der Waals surface area contributed by atoms with E-state index >= 15 is 0 Å². The molecule has 2 aromatic rings. The molecule has 1 aromatic heterocycles. The maximum atomic E-state index is 12.1. The summed E-state index contributed by atoms with van der Waals surface area (Å²) in [6.45, 7) is 0. The summed E-state index contributed by atoms with van der Waals surface area (Å²) in [4.78, 5) is 12.8. The van der Waals surface area contributed by atoms with Gasteiger partial charge in [0.1, 0.15) is 5.75 Å². The minimum Gasteiger partial charge on any atom is -0.497 e. The summed E-state index contributed by atoms with van der Waals surface area (Å²) in [7, 11) is 1.56. The summed E-state index contributed by atoms with van der Waals surface area (Å²) < 4.78 is 5.07. The van der Waals surface area contributed by atoms with Crippen LogP contribution in [0.4, 0.5) is 5.69 Å². The lowest BCUT2D eigenvalue weighted by Crippen LogP contribution is -2.04. The SMILES string of the molecule is COc1ccc(N)c(C(=O)c2cccs2)c1. The van der Waals surface area contributed by atoms with Crippen LogP contribution in [0.15, 0.2) is 35.7 Å². The number of ketones is 1. The number of nitrogens with two attached hydrogens (primary N) is 1. The van der Waals surface area contributed by atoms with E-state index in [0.717, 1.165) is 0 Å². The molecule has 82 valence electrons. The van der Waals surface area contributed by atoms with Gasteiger partial charge in [0.05, 0.1) is 12.0 Å². The molecule has 0 atom stereocenters. The van der Waals surface area contributed by atoms with E-state index in [0.29, 0.717) is 21.9 Å². The van der Waals surface area contributed by atoms with Crippen molar-refractivity contribution in [1.29, 1.82) is 0 Å². The van der Waals surface area contributed by atoms with Crippen LogP contribution in [0, 0.1) is 0 Å². The second-order valence-corrected chi connectivity index (χ2v) is 4.21. The van der Waals surface area contributed by atoms with Crippen LogP contribution in [0.5, 0.6) is 5.75 Å². The zero-order valence-electron chi connectivity index (χ0n) is 8.77. The van der Waals surface area contributed by atoms with E-state index in [2.05, 4.69) is 0 Å². The highest BCUT2D eigenvalue weighted by Gasteiger charge is 2.13. The average molecular weight is 233 g/mol. The fourth-order valence-corrected chi connectivity index (χ4v) is 2.08. The molecule has 0 aliphatic heterocycles. The molecule has 0 saturated heterocycles. The molecule has 0 aliphatic carbocycles. The second-order valence-electron chi connectivity index (χ2n) is 3.26. The summed E-state index contributed by atoms with van der Waals surface area (Å²) in [6, 6.07) is 8.71. The van der Waals surface area contributed by atoms with Crippen molar-refractivity contribution >= 4 is 22.8 Å². The van der Waals surface area contributed by atoms with Crippen molar-refractivity contribution in [3.05, 3.63) is 46.2 Å². The molecule has 0 spiro atoms. The molecule has 0 amide bonds. The van der Waals surface area contributed by atoms with Crippen molar-refractivity contribution in [2.24, 2.45) is 0 Å². The topological polar surface area (TPSA) is 52.3 Å². The molecule has 3 nitrogen and oxygen atoms in total. The van der Waals surface area contributed by atoms with E-state index in [1.807, 2.05) is 11.4 Å². The lowest BCUT2D eigenvalue weighted by molar-refractivity contribution is 0.104. The molecule has 0 fully saturated rings. The van der Waals surface area contributed by atoms with Crippen LogP contribution in [-0.4, -0.2) is 12.9 Å². The van der Waals surface area contributed by atoms with E-state index in [1.54, 1.807) is 31.4 Å². The van der Waals surface area contributed by atoms with Crippen molar-refractivity contribution < 1.29 is 9.53 Å². The molecule has 0 unspecified atom stereocenters. The van der Waals surface area contributed by atoms with Crippen LogP contribution in [0.25, 0.3) is 0 Å². The van der Waals surface area contributed by atoms with Gasteiger partial charge in [0, 0.05) is 11.3 Å². The highest BCUT2D eigenvalue weighted by Crippen LogP contribution is 2.23. The maximum absolute atomic E-state index is 12.1. The number of anilines is 1. The Labute approximate surface area is 97.5 Å². The third-order valence-electron chi connectivity index (χ3n) is 2.25. The molecule has 0 saturated carbocycles. The van der Waals surface area contributed by atoms with Gasteiger partial charge < -0.3 is 10.5 Å². The average Bonchev–Trinajstić information content (AvgIpc) is 2.82. The van der Waals surface area contributed by atoms with Crippen molar-refractivity contribution in [2.75, 3.05) is 12.8 Å². The number of methoxy groups -OCH3 is 1. The van der Waals surface area contributed by atoms with E-state index in [9.17, 15) is 4.79 Å². The first kappa shape index (κ1) is 10.7. The molecule has 2 N–H and O–H groups in total. The first-order valence-corrected chi connectivity index (χ1v) is 5.62. The number of thiophene rings is 1. The Balaban J connectivity index is 2.43. The summed E-state index contributed by atoms with van der Waals surface area (Å²) in [5.41, 5.74) is 6.74. The zero-order chi connectivity index (χ0) is 11.5. The highest BCUT2D eigenvalue weighted by atomic mass is 32.1. The van der Waals surface area contributed by atoms with Gasteiger partial charge in [-0.15, -0.1) is 11.3 Å². The number of rotatable bonds is 3. The fraction of sp³-hybridized carbons (Fsp3) is 0.0833. The summed E-state index contributed by atoms with van der Waals surface area (Å²) in [5, 5.41) is 1.86. The van der Waals surface area contributed by atoms with Crippen LogP contribution >= 0.6 is 11.3 Å². The number of benzene rings is 1. The van der Waals surface area contributed by atoms with E-state index in [4.69, 9.17) is 10.5 Å². The van der Waals surface area contributed by atoms with Crippen molar-refractivity contribution in [1.82, 2.24) is 0 Å². The molecule has 4 heteroatoms. The van der Waals surface area contributed by atoms with Gasteiger partial charge in [-0.1, -0.05) is 6.07 Å². The Morgan fingerprint density at radius 3 is 2.81 bits per heavy atom. The van der Waals surface area contributed by atoms with Crippen LogP contribution in [-0.2, 0) is 0 Å². The molecule has 2 rings (SSSR count). The maximum Gasteiger partial charge on any atom is 0.205 e. The Hall–Kier alpha value is -1.81. The quantitative estimate of drug-likeness (QED) is 0.654. The van der Waals surface area contributed by atoms with E-state index in [-0.39, 0.29) is 5.78 Å². The molecule has 0 radical (unpaired) electrons. The van der Waals surface area contributed by atoms with Crippen LogP contribution in [0.2, 0.25) is 0 Å². The molecular weight excluding hydrogens is 222 g/mol. The lowest BCUT2D eigenvalue weighted by atomic mass is 10.1. The van der Waals surface area contributed by atoms with Gasteiger partial charge in [0.15, 0.2) is 0 Å². The zero-order valence-corrected chi connectivity index (χ0v) is 9.58. The molecular formula is C12H11NO2S. The largest absolute Gasteiger partial charge is 0.497 e. The number of hydrogen-bond acceptors (Lipinski definition) is 4. The van der Waals surface area contributed by atoms with Crippen molar-refractivity contribution in [3.63, 3.8) is 0 Å². The number of ether oxygens (including phenoxy) is 1. The Morgan fingerprint density at radius 2 is 2.19 bits per heavy atom. The second kappa shape index (κ2) is 4.37. The standard InChI is InChI=1S/C12H11NO2S/c1-15-8-4-5-10(13)9(7-8)12(14)11-3-2-6-16-11/h2-7H,13H2,1H3. The molecule has 1 heterocycles. The molecule has 16 heavy (non-hydrogen) atoms. The third-order valence-corrected chi connectivity index (χ3v) is 3.12. The van der Waals surface area contributed by atoms with Crippen LogP contribution in [0.1, 0.15) is 15.2 Å². The van der Waals surface area contributed by atoms with Crippen molar-refractivity contribution in [2.45, 2.75) is 0 Å². The van der Waals surface area contributed by atoms with Crippen molar-refractivity contribution in [3.8, 4) is 5.75 Å². The molecule has 0 bridgehead atoms. The predicted octanol–water partition coefficient (Wildman–Crippen LogP) is 2.57. The number of carbonyl (C=O) groups is 1. The highest BCUT2D eigenvalue weighted by molar-refractivity contribution is 7.12. The third kappa shape index (κ3) is 1.92. The number of hydrogen-bond donors (Lipinski definition) is 1. The predicted molar refractivity (Wildman–Crippen MR) is 65.2 cm³/mol. The number of carbonyl (C=O) groups excluding carboxylic acids is 1. The van der Waals surface area contributed by atoms with Crippen LogP contribution < -0.4 is 10.5 Å². The smallest absolute Gasteiger partial charge is 0.205 e. The lowest BCUT2D eigenvalue weighted by Gasteiger charge is -2.06. The van der Waals surface area contributed by atoms with E-state index < -0.39 is 0 Å². The summed E-state index contributed by atoms with van der Waals surface area (Å²) in [6.07, 6.45) is 0. The van der Waals surface area contributed by atoms with Gasteiger partial charge in [0.2, 0.25) is 5.78 Å². The minimum absolute atomic E-state index is 0.0635. The van der Waals surface area contributed by atoms with Gasteiger partial charge in [-0.2, -0.15) is 0 Å². The summed E-state index contributed by atoms with van der Waals surface area (Å²) >= 11 is 1.40. The first-order chi connectivity index (χ1) is 7.72. The summed E-state index contributed by atoms with van der Waals surface area (Å²) in [5.74, 6) is 0.570. The Kier molecular flexibility index (Phi) is 2.92. The monoisotopic (exact) mass is 233 g/mol. The first-order valence-electron chi connectivity index (χ1n) is 4.74. The van der Waals surface area contributed by atoms with Gasteiger partial charge >= 0.3 is 0 Å². The number of nitrogen functional groups attached to an aromatic ring is 1. The fourth-order valence-electron chi connectivity index (χ4n) is 1.40. The Morgan fingerprint density at radius 1 is 1.38 bits per heavy atom. The van der Waals surface area contributed by atoms with Gasteiger partial charge in [-0.05, 0) is 29.6 Å². The molecule has 0 aliphatic rings. The normalized spacial score (nSPS) is 10.1. The van der Waals surface area contributed by atoms with Crippen LogP contribution in [0.3, 0.4) is 0 Å². The van der Waals surface area contributed by atoms with Gasteiger partial charge in [0.25, 0.3) is 0 Å². The van der Waals surface area contributed by atoms with Gasteiger partial charge in [-0.3, -0.25) is 4.79 Å².